The summed E-state index contributed by atoms with van der Waals surface area (Å²) >= 11 is 0. The van der Waals surface area contributed by atoms with E-state index in [0.717, 1.165) is 0 Å². The van der Waals surface area contributed by atoms with Crippen LogP contribution >= 0.6 is 0 Å². The molecule has 0 aliphatic carbocycles. The first-order chi connectivity index (χ1) is 6.44. The molecular formula is C11H20O3. The maximum atomic E-state index is 11.4. The summed E-state index contributed by atoms with van der Waals surface area (Å²) in [6, 6.07) is 0. The molecule has 0 atom stereocenters. The summed E-state index contributed by atoms with van der Waals surface area (Å²) in [5.41, 5.74) is -0.541. The normalized spacial score (nSPS) is 11.1. The zero-order chi connectivity index (χ0) is 11.2. The van der Waals surface area contributed by atoms with E-state index >= 15 is 0 Å². The number of hydrogen-bond donors (Lipinski definition) is 0. The smallest absolute Gasteiger partial charge is 0.311 e. The van der Waals surface area contributed by atoms with Crippen LogP contribution in [0.2, 0.25) is 0 Å². The Labute approximate surface area is 85.8 Å². The van der Waals surface area contributed by atoms with Crippen LogP contribution < -0.4 is 0 Å². The summed E-state index contributed by atoms with van der Waals surface area (Å²) in [5, 5.41) is 0. The van der Waals surface area contributed by atoms with E-state index in [0.29, 0.717) is 25.9 Å². The van der Waals surface area contributed by atoms with Gasteiger partial charge in [0.05, 0.1) is 12.0 Å². The highest BCUT2D eigenvalue weighted by Gasteiger charge is 2.29. The molecule has 0 unspecified atom stereocenters. The molecule has 0 fully saturated rings. The van der Waals surface area contributed by atoms with E-state index in [1.165, 1.54) is 0 Å². The molecule has 3 heteroatoms. The van der Waals surface area contributed by atoms with Gasteiger partial charge in [-0.25, -0.2) is 0 Å². The number of Topliss-reactive ketones (excluding diaryl/α,β-unsaturated/α-hetero) is 1. The van der Waals surface area contributed by atoms with Crippen molar-refractivity contribution in [2.24, 2.45) is 5.41 Å². The van der Waals surface area contributed by atoms with Crippen molar-refractivity contribution in [3.05, 3.63) is 0 Å². The molecule has 0 radical (unpaired) electrons. The van der Waals surface area contributed by atoms with E-state index in [9.17, 15) is 9.59 Å². The second kappa shape index (κ2) is 5.78. The van der Waals surface area contributed by atoms with E-state index in [2.05, 4.69) is 0 Å². The topological polar surface area (TPSA) is 43.4 Å². The highest BCUT2D eigenvalue weighted by molar-refractivity contribution is 5.80. The van der Waals surface area contributed by atoms with E-state index in [1.54, 1.807) is 6.92 Å². The molecule has 0 amide bonds. The fraction of sp³-hybridized carbons (Fsp3) is 0.818. The van der Waals surface area contributed by atoms with Crippen LogP contribution in [0.1, 0.15) is 47.0 Å². The van der Waals surface area contributed by atoms with Crippen LogP contribution in [-0.4, -0.2) is 18.4 Å². The van der Waals surface area contributed by atoms with Crippen molar-refractivity contribution in [3.63, 3.8) is 0 Å². The number of ketones is 1. The molecule has 3 nitrogen and oxygen atoms in total. The second-order valence-electron chi connectivity index (χ2n) is 4.00. The molecule has 0 aromatic carbocycles. The number of carbonyl (C=O) groups is 2. The van der Waals surface area contributed by atoms with Gasteiger partial charge >= 0.3 is 5.97 Å². The number of rotatable bonds is 6. The second-order valence-corrected chi connectivity index (χ2v) is 4.00. The summed E-state index contributed by atoms with van der Waals surface area (Å²) in [6.45, 7) is 7.64. The summed E-state index contributed by atoms with van der Waals surface area (Å²) in [7, 11) is 0. The van der Waals surface area contributed by atoms with Crippen LogP contribution in [0.5, 0.6) is 0 Å². The minimum absolute atomic E-state index is 0.197. The van der Waals surface area contributed by atoms with Gasteiger partial charge in [0, 0.05) is 12.8 Å². The first-order valence-corrected chi connectivity index (χ1v) is 5.13. The summed E-state index contributed by atoms with van der Waals surface area (Å²) in [5.74, 6) is -0.0220. The minimum atomic E-state index is -0.541. The van der Waals surface area contributed by atoms with E-state index in [1.807, 2.05) is 20.8 Å². The van der Waals surface area contributed by atoms with Gasteiger partial charge in [-0.2, -0.15) is 0 Å². The third-order valence-electron chi connectivity index (χ3n) is 2.25. The van der Waals surface area contributed by atoms with E-state index in [4.69, 9.17) is 4.74 Å². The van der Waals surface area contributed by atoms with E-state index < -0.39 is 5.41 Å². The zero-order valence-corrected chi connectivity index (χ0v) is 9.55. The average Bonchev–Trinajstić information content (AvgIpc) is 2.14. The van der Waals surface area contributed by atoms with Gasteiger partial charge < -0.3 is 4.74 Å². The number of esters is 1. The monoisotopic (exact) mass is 200 g/mol. The lowest BCUT2D eigenvalue weighted by Gasteiger charge is -2.21. The molecule has 82 valence electrons. The maximum Gasteiger partial charge on any atom is 0.311 e. The Balaban J connectivity index is 4.06. The Morgan fingerprint density at radius 1 is 1.21 bits per heavy atom. The molecule has 0 heterocycles. The van der Waals surface area contributed by atoms with Crippen LogP contribution in [0, 0.1) is 5.41 Å². The Morgan fingerprint density at radius 3 is 2.21 bits per heavy atom. The molecular weight excluding hydrogens is 180 g/mol. The fourth-order valence-electron chi connectivity index (χ4n) is 1.06. The maximum absolute atomic E-state index is 11.4. The molecule has 0 aromatic heterocycles. The third-order valence-corrected chi connectivity index (χ3v) is 2.25. The van der Waals surface area contributed by atoms with Gasteiger partial charge in [-0.05, 0) is 27.2 Å². The molecule has 0 aromatic rings. The van der Waals surface area contributed by atoms with Gasteiger partial charge in [0.25, 0.3) is 0 Å². The zero-order valence-electron chi connectivity index (χ0n) is 9.55. The Hall–Kier alpha value is -0.860. The highest BCUT2D eigenvalue weighted by Crippen LogP contribution is 2.24. The van der Waals surface area contributed by atoms with Crippen LogP contribution in [-0.2, 0) is 14.3 Å². The SMILES string of the molecule is CCOC(=O)C(C)(C)CCC(=O)CC. The van der Waals surface area contributed by atoms with Gasteiger partial charge in [0.15, 0.2) is 0 Å². The number of hydrogen-bond acceptors (Lipinski definition) is 3. The molecule has 0 saturated carbocycles. The van der Waals surface area contributed by atoms with Crippen molar-refractivity contribution in [2.45, 2.75) is 47.0 Å². The Bertz CT molecular complexity index is 207. The lowest BCUT2D eigenvalue weighted by Crippen LogP contribution is -2.27. The summed E-state index contributed by atoms with van der Waals surface area (Å²) in [4.78, 5) is 22.5. The van der Waals surface area contributed by atoms with Crippen molar-refractivity contribution in [1.29, 1.82) is 0 Å². The van der Waals surface area contributed by atoms with Crippen LogP contribution in [0.15, 0.2) is 0 Å². The Morgan fingerprint density at radius 2 is 1.79 bits per heavy atom. The van der Waals surface area contributed by atoms with Gasteiger partial charge in [-0.3, -0.25) is 9.59 Å². The van der Waals surface area contributed by atoms with Crippen molar-refractivity contribution in [1.82, 2.24) is 0 Å². The molecule has 0 rings (SSSR count). The van der Waals surface area contributed by atoms with Crippen molar-refractivity contribution >= 4 is 11.8 Å². The van der Waals surface area contributed by atoms with Crippen molar-refractivity contribution < 1.29 is 14.3 Å². The molecule has 0 saturated heterocycles. The fourth-order valence-corrected chi connectivity index (χ4v) is 1.06. The largest absolute Gasteiger partial charge is 0.466 e. The van der Waals surface area contributed by atoms with E-state index in [-0.39, 0.29) is 11.8 Å². The molecule has 0 bridgehead atoms. The summed E-state index contributed by atoms with van der Waals surface area (Å²) in [6.07, 6.45) is 1.57. The van der Waals surface area contributed by atoms with Gasteiger partial charge in [0.2, 0.25) is 0 Å². The molecule has 0 aliphatic rings. The lowest BCUT2D eigenvalue weighted by atomic mass is 9.87. The average molecular weight is 200 g/mol. The predicted molar refractivity (Wildman–Crippen MR) is 54.9 cm³/mol. The minimum Gasteiger partial charge on any atom is -0.466 e. The Kier molecular flexibility index (Phi) is 5.43. The quantitative estimate of drug-likeness (QED) is 0.618. The van der Waals surface area contributed by atoms with Crippen molar-refractivity contribution in [3.8, 4) is 0 Å². The van der Waals surface area contributed by atoms with Gasteiger partial charge in [0.1, 0.15) is 5.78 Å². The highest BCUT2D eigenvalue weighted by atomic mass is 16.5. The third kappa shape index (κ3) is 4.40. The molecule has 14 heavy (non-hydrogen) atoms. The van der Waals surface area contributed by atoms with Crippen LogP contribution in [0.4, 0.5) is 0 Å². The first kappa shape index (κ1) is 13.1. The molecule has 0 spiro atoms. The number of ether oxygens (including phenoxy) is 1. The lowest BCUT2D eigenvalue weighted by molar-refractivity contribution is -0.153. The molecule has 0 aliphatic heterocycles. The van der Waals surface area contributed by atoms with Gasteiger partial charge in [-0.15, -0.1) is 0 Å². The van der Waals surface area contributed by atoms with Crippen LogP contribution in [0.25, 0.3) is 0 Å². The summed E-state index contributed by atoms with van der Waals surface area (Å²) < 4.78 is 4.92. The van der Waals surface area contributed by atoms with Crippen molar-refractivity contribution in [2.75, 3.05) is 6.61 Å². The van der Waals surface area contributed by atoms with Gasteiger partial charge in [-0.1, -0.05) is 6.92 Å². The standard InChI is InChI=1S/C11H20O3/c1-5-9(12)7-8-11(3,4)10(13)14-6-2/h5-8H2,1-4H3. The number of carbonyl (C=O) groups excluding carboxylic acids is 2. The van der Waals surface area contributed by atoms with Crippen LogP contribution in [0.3, 0.4) is 0 Å². The first-order valence-electron chi connectivity index (χ1n) is 5.13. The predicted octanol–water partition coefficient (Wildman–Crippen LogP) is 2.33. The molecule has 0 N–H and O–H groups in total.